The molecule has 152 valence electrons. The largest absolute Gasteiger partial charge is 0.493 e. The lowest BCUT2D eigenvalue weighted by Gasteiger charge is -2.10. The number of hydrogen-bond acceptors (Lipinski definition) is 5. The quantitative estimate of drug-likeness (QED) is 0.516. The zero-order valence-corrected chi connectivity index (χ0v) is 17.2. The maximum absolute atomic E-state index is 12.8. The second kappa shape index (κ2) is 9.28. The zero-order chi connectivity index (χ0) is 20.8. The molecular weight excluding hydrogens is 368 g/mol. The van der Waals surface area contributed by atoms with E-state index in [-0.39, 0.29) is 0 Å². The first-order valence-corrected chi connectivity index (χ1v) is 9.58. The monoisotopic (exact) mass is 394 g/mol. The minimum Gasteiger partial charge on any atom is -0.493 e. The Morgan fingerprint density at radius 1 is 1.03 bits per heavy atom. The Balaban J connectivity index is 2.02. The molecular formula is C23H26N2O4. The Labute approximate surface area is 171 Å². The summed E-state index contributed by atoms with van der Waals surface area (Å²) < 4.78 is 17.9. The van der Waals surface area contributed by atoms with Crippen LogP contribution in [0, 0.1) is 5.92 Å². The molecule has 0 aliphatic rings. The third-order valence-corrected chi connectivity index (χ3v) is 4.54. The first kappa shape index (κ1) is 20.5. The molecule has 0 spiro atoms. The topological polar surface area (TPSA) is 62.6 Å². The lowest BCUT2D eigenvalue weighted by Crippen LogP contribution is -2.08. The van der Waals surface area contributed by atoms with Gasteiger partial charge in [-0.3, -0.25) is 0 Å². The minimum absolute atomic E-state index is 0.373. The standard InChI is InChI=1S/C23H26N2O4/c1-16(2)12-13-29-23(26)19-15-25(18-8-6-5-7-9-18)24-22(19)17-10-11-20(27-3)21(14-17)28-4/h5-11,14-16H,12-13H2,1-4H3. The fourth-order valence-corrected chi connectivity index (χ4v) is 2.90. The Bertz CT molecular complexity index is 964. The predicted octanol–water partition coefficient (Wildman–Crippen LogP) is 4.76. The van der Waals surface area contributed by atoms with E-state index >= 15 is 0 Å². The Hall–Kier alpha value is -3.28. The summed E-state index contributed by atoms with van der Waals surface area (Å²) >= 11 is 0. The molecule has 0 bridgehead atoms. The van der Waals surface area contributed by atoms with Gasteiger partial charge in [-0.15, -0.1) is 0 Å². The molecule has 0 unspecified atom stereocenters. The van der Waals surface area contributed by atoms with Crippen LogP contribution in [0.25, 0.3) is 16.9 Å². The van der Waals surface area contributed by atoms with Gasteiger partial charge in [0.1, 0.15) is 11.3 Å². The summed E-state index contributed by atoms with van der Waals surface area (Å²) in [7, 11) is 3.16. The van der Waals surface area contributed by atoms with E-state index in [9.17, 15) is 4.79 Å². The fourth-order valence-electron chi connectivity index (χ4n) is 2.90. The highest BCUT2D eigenvalue weighted by atomic mass is 16.5. The number of aromatic nitrogens is 2. The van der Waals surface area contributed by atoms with Crippen molar-refractivity contribution in [2.75, 3.05) is 20.8 Å². The summed E-state index contributed by atoms with van der Waals surface area (Å²) in [6.45, 7) is 4.56. The van der Waals surface area contributed by atoms with E-state index in [4.69, 9.17) is 14.2 Å². The normalized spacial score (nSPS) is 10.8. The van der Waals surface area contributed by atoms with Crippen molar-refractivity contribution >= 4 is 5.97 Å². The third-order valence-electron chi connectivity index (χ3n) is 4.54. The molecule has 0 saturated carbocycles. The van der Waals surface area contributed by atoms with Gasteiger partial charge >= 0.3 is 5.97 Å². The van der Waals surface area contributed by atoms with Gasteiger partial charge in [0.2, 0.25) is 0 Å². The van der Waals surface area contributed by atoms with Crippen molar-refractivity contribution in [1.82, 2.24) is 9.78 Å². The van der Waals surface area contributed by atoms with E-state index in [0.29, 0.717) is 35.3 Å². The van der Waals surface area contributed by atoms with Crippen LogP contribution in [0.2, 0.25) is 0 Å². The molecule has 0 aliphatic carbocycles. The van der Waals surface area contributed by atoms with Crippen molar-refractivity contribution in [3.05, 3.63) is 60.3 Å². The molecule has 6 heteroatoms. The summed E-state index contributed by atoms with van der Waals surface area (Å²) in [5.74, 6) is 1.25. The number of hydrogen-bond donors (Lipinski definition) is 0. The number of rotatable bonds is 8. The first-order valence-electron chi connectivity index (χ1n) is 9.58. The lowest BCUT2D eigenvalue weighted by molar-refractivity contribution is 0.0489. The molecule has 0 N–H and O–H groups in total. The summed E-state index contributed by atoms with van der Waals surface area (Å²) in [4.78, 5) is 12.8. The van der Waals surface area contributed by atoms with Gasteiger partial charge in [-0.2, -0.15) is 5.10 Å². The molecule has 0 fully saturated rings. The van der Waals surface area contributed by atoms with E-state index in [1.54, 1.807) is 37.2 Å². The predicted molar refractivity (Wildman–Crippen MR) is 112 cm³/mol. The number of esters is 1. The highest BCUT2D eigenvalue weighted by molar-refractivity contribution is 5.96. The van der Waals surface area contributed by atoms with E-state index in [0.717, 1.165) is 17.7 Å². The average Bonchev–Trinajstić information content (AvgIpc) is 3.19. The molecule has 6 nitrogen and oxygen atoms in total. The number of methoxy groups -OCH3 is 2. The van der Waals surface area contributed by atoms with E-state index in [1.165, 1.54) is 0 Å². The molecule has 0 amide bonds. The number of nitrogens with zero attached hydrogens (tertiary/aromatic N) is 2. The average molecular weight is 394 g/mol. The maximum atomic E-state index is 12.8. The number of para-hydroxylation sites is 1. The molecule has 1 heterocycles. The van der Waals surface area contributed by atoms with E-state index in [2.05, 4.69) is 18.9 Å². The van der Waals surface area contributed by atoms with Crippen molar-refractivity contribution in [3.63, 3.8) is 0 Å². The van der Waals surface area contributed by atoms with Crippen LogP contribution in [0.15, 0.2) is 54.7 Å². The number of benzene rings is 2. The van der Waals surface area contributed by atoms with Gasteiger partial charge < -0.3 is 14.2 Å². The Morgan fingerprint density at radius 3 is 2.41 bits per heavy atom. The summed E-state index contributed by atoms with van der Waals surface area (Å²) in [5.41, 5.74) is 2.54. The van der Waals surface area contributed by atoms with Crippen LogP contribution >= 0.6 is 0 Å². The SMILES string of the molecule is COc1ccc(-c2nn(-c3ccccc3)cc2C(=O)OCCC(C)C)cc1OC. The van der Waals surface area contributed by atoms with Gasteiger partial charge in [-0.25, -0.2) is 9.48 Å². The highest BCUT2D eigenvalue weighted by Crippen LogP contribution is 2.33. The molecule has 0 aliphatic heterocycles. The van der Waals surface area contributed by atoms with Crippen LogP contribution in [-0.4, -0.2) is 36.6 Å². The molecule has 2 aromatic carbocycles. The van der Waals surface area contributed by atoms with E-state index < -0.39 is 5.97 Å². The van der Waals surface area contributed by atoms with Crippen LogP contribution in [0.4, 0.5) is 0 Å². The van der Waals surface area contributed by atoms with Crippen LogP contribution in [0.3, 0.4) is 0 Å². The lowest BCUT2D eigenvalue weighted by atomic mass is 10.1. The molecule has 1 aromatic heterocycles. The number of ether oxygens (including phenoxy) is 3. The highest BCUT2D eigenvalue weighted by Gasteiger charge is 2.21. The second-order valence-electron chi connectivity index (χ2n) is 7.06. The summed E-state index contributed by atoms with van der Waals surface area (Å²) in [6.07, 6.45) is 2.52. The van der Waals surface area contributed by atoms with Crippen LogP contribution in [0.5, 0.6) is 11.5 Å². The summed E-state index contributed by atoms with van der Waals surface area (Å²) in [6, 6.07) is 15.1. The Kier molecular flexibility index (Phi) is 6.54. The van der Waals surface area contributed by atoms with Gasteiger partial charge in [0, 0.05) is 11.8 Å². The van der Waals surface area contributed by atoms with Gasteiger partial charge in [0.15, 0.2) is 11.5 Å². The van der Waals surface area contributed by atoms with Crippen LogP contribution in [-0.2, 0) is 4.74 Å². The smallest absolute Gasteiger partial charge is 0.342 e. The number of carbonyl (C=O) groups is 1. The van der Waals surface area contributed by atoms with Crippen molar-refractivity contribution < 1.29 is 19.0 Å². The fraction of sp³-hybridized carbons (Fsp3) is 0.304. The maximum Gasteiger partial charge on any atom is 0.342 e. The van der Waals surface area contributed by atoms with Gasteiger partial charge in [-0.1, -0.05) is 32.0 Å². The second-order valence-corrected chi connectivity index (χ2v) is 7.06. The van der Waals surface area contributed by atoms with Gasteiger partial charge in [-0.05, 0) is 42.7 Å². The van der Waals surface area contributed by atoms with Gasteiger partial charge in [0.25, 0.3) is 0 Å². The zero-order valence-electron chi connectivity index (χ0n) is 17.2. The Morgan fingerprint density at radius 2 is 1.76 bits per heavy atom. The van der Waals surface area contributed by atoms with Crippen molar-refractivity contribution in [2.45, 2.75) is 20.3 Å². The van der Waals surface area contributed by atoms with Gasteiger partial charge in [0.05, 0.1) is 26.5 Å². The molecule has 0 saturated heterocycles. The minimum atomic E-state index is -0.391. The first-order chi connectivity index (χ1) is 14.0. The van der Waals surface area contributed by atoms with Crippen LogP contribution in [0.1, 0.15) is 30.6 Å². The van der Waals surface area contributed by atoms with Crippen molar-refractivity contribution in [1.29, 1.82) is 0 Å². The molecule has 29 heavy (non-hydrogen) atoms. The van der Waals surface area contributed by atoms with Crippen molar-refractivity contribution in [2.24, 2.45) is 5.92 Å². The molecule has 3 rings (SSSR count). The van der Waals surface area contributed by atoms with E-state index in [1.807, 2.05) is 36.4 Å². The third kappa shape index (κ3) is 4.77. The van der Waals surface area contributed by atoms with Crippen molar-refractivity contribution in [3.8, 4) is 28.4 Å². The molecule has 0 atom stereocenters. The number of carbonyl (C=O) groups excluding carboxylic acids is 1. The molecule has 0 radical (unpaired) electrons. The summed E-state index contributed by atoms with van der Waals surface area (Å²) in [5, 5.41) is 4.67. The van der Waals surface area contributed by atoms with Crippen LogP contribution < -0.4 is 9.47 Å². The molecule has 3 aromatic rings.